The Kier molecular flexibility index (Phi) is 6.28. The summed E-state index contributed by atoms with van der Waals surface area (Å²) in [5.74, 6) is 0.992. The molecular weight excluding hydrogens is 236 g/mol. The van der Waals surface area contributed by atoms with Crippen molar-refractivity contribution in [3.05, 3.63) is 0 Å². The van der Waals surface area contributed by atoms with Gasteiger partial charge in [-0.3, -0.25) is 4.79 Å². The number of amides is 1. The van der Waals surface area contributed by atoms with Gasteiger partial charge in [0.15, 0.2) is 0 Å². The highest BCUT2D eigenvalue weighted by molar-refractivity contribution is 5.85. The molecule has 0 unspecified atom stereocenters. The molecule has 1 aliphatic carbocycles. The monoisotopic (exact) mass is 260 g/mol. The molecule has 2 aliphatic rings. The molecule has 0 aromatic heterocycles. The summed E-state index contributed by atoms with van der Waals surface area (Å²) in [6, 6.07) is 0.220. The van der Waals surface area contributed by atoms with Crippen LogP contribution in [-0.4, -0.2) is 29.9 Å². The van der Waals surface area contributed by atoms with E-state index < -0.39 is 0 Å². The highest BCUT2D eigenvalue weighted by Gasteiger charge is 2.25. The number of carbonyl (C=O) groups is 1. The average Bonchev–Trinajstić information content (AvgIpc) is 2.54. The SMILES string of the molecule is Cl.N[C@@H]1CCN(C(=O)CC2CCCCCC2)C1. The maximum atomic E-state index is 12.0. The zero-order chi connectivity index (χ0) is 11.4. The Morgan fingerprint density at radius 1 is 1.12 bits per heavy atom. The molecule has 1 heterocycles. The van der Waals surface area contributed by atoms with Gasteiger partial charge in [0.25, 0.3) is 0 Å². The Labute approximate surface area is 111 Å². The van der Waals surface area contributed by atoms with Crippen molar-refractivity contribution in [1.82, 2.24) is 4.90 Å². The summed E-state index contributed by atoms with van der Waals surface area (Å²) in [6.45, 7) is 1.66. The summed E-state index contributed by atoms with van der Waals surface area (Å²) in [6.07, 6.45) is 9.62. The first-order chi connectivity index (χ1) is 7.75. The normalized spacial score (nSPS) is 26.4. The van der Waals surface area contributed by atoms with E-state index in [1.807, 2.05) is 4.90 Å². The zero-order valence-corrected chi connectivity index (χ0v) is 11.4. The molecule has 3 nitrogen and oxygen atoms in total. The number of nitrogens with zero attached hydrogens (tertiary/aromatic N) is 1. The fourth-order valence-electron chi connectivity index (χ4n) is 2.96. The van der Waals surface area contributed by atoms with Crippen LogP contribution in [0.1, 0.15) is 51.4 Å². The van der Waals surface area contributed by atoms with Crippen LogP contribution in [0.5, 0.6) is 0 Å². The highest BCUT2D eigenvalue weighted by Crippen LogP contribution is 2.26. The van der Waals surface area contributed by atoms with Gasteiger partial charge in [-0.1, -0.05) is 25.7 Å². The third kappa shape index (κ3) is 4.47. The molecule has 4 heteroatoms. The summed E-state index contributed by atoms with van der Waals surface area (Å²) in [5, 5.41) is 0. The second-order valence-corrected chi connectivity index (χ2v) is 5.45. The Morgan fingerprint density at radius 2 is 1.76 bits per heavy atom. The summed E-state index contributed by atoms with van der Waals surface area (Å²) in [4.78, 5) is 14.0. The Hall–Kier alpha value is -0.280. The predicted molar refractivity (Wildman–Crippen MR) is 72.2 cm³/mol. The molecule has 0 spiro atoms. The van der Waals surface area contributed by atoms with Crippen molar-refractivity contribution in [2.75, 3.05) is 13.1 Å². The summed E-state index contributed by atoms with van der Waals surface area (Å²) in [5.41, 5.74) is 5.83. The van der Waals surface area contributed by atoms with E-state index >= 15 is 0 Å². The number of hydrogen-bond donors (Lipinski definition) is 1. The number of hydrogen-bond acceptors (Lipinski definition) is 2. The lowest BCUT2D eigenvalue weighted by Gasteiger charge is -2.20. The van der Waals surface area contributed by atoms with E-state index in [0.29, 0.717) is 11.8 Å². The van der Waals surface area contributed by atoms with Crippen LogP contribution in [-0.2, 0) is 4.79 Å². The van der Waals surface area contributed by atoms with Gasteiger partial charge in [-0.25, -0.2) is 0 Å². The van der Waals surface area contributed by atoms with Crippen LogP contribution in [0.25, 0.3) is 0 Å². The number of likely N-dealkylation sites (tertiary alicyclic amines) is 1. The molecule has 0 radical (unpaired) electrons. The second-order valence-electron chi connectivity index (χ2n) is 5.45. The number of carbonyl (C=O) groups excluding carboxylic acids is 1. The molecule has 0 bridgehead atoms. The van der Waals surface area contributed by atoms with Crippen molar-refractivity contribution in [1.29, 1.82) is 0 Å². The van der Waals surface area contributed by atoms with Crippen LogP contribution in [0.4, 0.5) is 0 Å². The van der Waals surface area contributed by atoms with Crippen LogP contribution < -0.4 is 5.73 Å². The van der Waals surface area contributed by atoms with Crippen molar-refractivity contribution in [2.24, 2.45) is 11.7 Å². The number of halogens is 1. The fourth-order valence-corrected chi connectivity index (χ4v) is 2.96. The van der Waals surface area contributed by atoms with Gasteiger partial charge in [0.2, 0.25) is 5.91 Å². The maximum absolute atomic E-state index is 12.0. The largest absolute Gasteiger partial charge is 0.341 e. The molecule has 0 aromatic carbocycles. The van der Waals surface area contributed by atoms with Crippen molar-refractivity contribution < 1.29 is 4.79 Å². The van der Waals surface area contributed by atoms with Gasteiger partial charge in [0, 0.05) is 25.6 Å². The van der Waals surface area contributed by atoms with Crippen LogP contribution in [0, 0.1) is 5.92 Å². The van der Waals surface area contributed by atoms with E-state index in [1.54, 1.807) is 0 Å². The number of rotatable bonds is 2. The van der Waals surface area contributed by atoms with Gasteiger partial charge in [-0.05, 0) is 25.2 Å². The van der Waals surface area contributed by atoms with Crippen LogP contribution in [0.15, 0.2) is 0 Å². The minimum atomic E-state index is 0. The molecule has 1 saturated carbocycles. The van der Waals surface area contributed by atoms with Gasteiger partial charge in [-0.2, -0.15) is 0 Å². The Bertz CT molecular complexity index is 240. The maximum Gasteiger partial charge on any atom is 0.222 e. The van der Waals surface area contributed by atoms with Gasteiger partial charge in [0.1, 0.15) is 0 Å². The smallest absolute Gasteiger partial charge is 0.222 e. The zero-order valence-electron chi connectivity index (χ0n) is 10.6. The van der Waals surface area contributed by atoms with Gasteiger partial charge < -0.3 is 10.6 Å². The lowest BCUT2D eigenvalue weighted by molar-refractivity contribution is -0.131. The number of nitrogens with two attached hydrogens (primary N) is 1. The highest BCUT2D eigenvalue weighted by atomic mass is 35.5. The van der Waals surface area contributed by atoms with E-state index in [4.69, 9.17) is 5.73 Å². The summed E-state index contributed by atoms with van der Waals surface area (Å²) >= 11 is 0. The minimum Gasteiger partial charge on any atom is -0.341 e. The summed E-state index contributed by atoms with van der Waals surface area (Å²) < 4.78 is 0. The second kappa shape index (κ2) is 7.22. The molecule has 17 heavy (non-hydrogen) atoms. The standard InChI is InChI=1S/C13H24N2O.ClH/c14-12-7-8-15(10-12)13(16)9-11-5-3-1-2-4-6-11;/h11-12H,1-10,14H2;1H/t12-;/m1./s1. The Morgan fingerprint density at radius 3 is 2.29 bits per heavy atom. The molecule has 100 valence electrons. The first-order valence-electron chi connectivity index (χ1n) is 6.79. The molecule has 2 rings (SSSR count). The molecule has 1 atom stereocenters. The Balaban J connectivity index is 0.00000144. The topological polar surface area (TPSA) is 46.3 Å². The van der Waals surface area contributed by atoms with E-state index in [0.717, 1.165) is 25.9 Å². The van der Waals surface area contributed by atoms with E-state index in [9.17, 15) is 4.79 Å². The van der Waals surface area contributed by atoms with Crippen molar-refractivity contribution in [2.45, 2.75) is 57.4 Å². The van der Waals surface area contributed by atoms with E-state index in [-0.39, 0.29) is 18.4 Å². The molecule has 1 aliphatic heterocycles. The van der Waals surface area contributed by atoms with Gasteiger partial charge in [0.05, 0.1) is 0 Å². The predicted octanol–water partition coefficient (Wildman–Crippen LogP) is 2.33. The van der Waals surface area contributed by atoms with Crippen LogP contribution >= 0.6 is 12.4 Å². The fraction of sp³-hybridized carbons (Fsp3) is 0.923. The molecular formula is C13H25ClN2O. The summed E-state index contributed by atoms with van der Waals surface area (Å²) in [7, 11) is 0. The lowest BCUT2D eigenvalue weighted by atomic mass is 9.96. The molecule has 2 N–H and O–H groups in total. The van der Waals surface area contributed by atoms with Crippen molar-refractivity contribution in [3.63, 3.8) is 0 Å². The minimum absolute atomic E-state index is 0. The van der Waals surface area contributed by atoms with Crippen molar-refractivity contribution >= 4 is 18.3 Å². The van der Waals surface area contributed by atoms with E-state index in [2.05, 4.69) is 0 Å². The quantitative estimate of drug-likeness (QED) is 0.775. The van der Waals surface area contributed by atoms with Crippen LogP contribution in [0.2, 0.25) is 0 Å². The first-order valence-corrected chi connectivity index (χ1v) is 6.79. The van der Waals surface area contributed by atoms with E-state index in [1.165, 1.54) is 38.5 Å². The average molecular weight is 261 g/mol. The molecule has 1 amide bonds. The van der Waals surface area contributed by atoms with Gasteiger partial charge >= 0.3 is 0 Å². The molecule has 2 fully saturated rings. The molecule has 0 aromatic rings. The van der Waals surface area contributed by atoms with Crippen LogP contribution in [0.3, 0.4) is 0 Å². The third-order valence-electron chi connectivity index (χ3n) is 4.02. The third-order valence-corrected chi connectivity index (χ3v) is 4.02. The van der Waals surface area contributed by atoms with Gasteiger partial charge in [-0.15, -0.1) is 12.4 Å². The lowest BCUT2D eigenvalue weighted by Crippen LogP contribution is -2.32. The van der Waals surface area contributed by atoms with Crippen molar-refractivity contribution in [3.8, 4) is 0 Å². The molecule has 1 saturated heterocycles. The first kappa shape index (κ1) is 14.8.